The van der Waals surface area contributed by atoms with Crippen LogP contribution in [0.15, 0.2) is 21.9 Å². The normalized spacial score (nSPS) is 11.0. The Morgan fingerprint density at radius 2 is 2.16 bits per heavy atom. The van der Waals surface area contributed by atoms with E-state index in [9.17, 15) is 4.79 Å². The highest BCUT2D eigenvalue weighted by atomic mass is 32.1. The van der Waals surface area contributed by atoms with Crippen molar-refractivity contribution in [3.05, 3.63) is 40.3 Å². The van der Waals surface area contributed by atoms with Gasteiger partial charge < -0.3 is 9.32 Å². The number of carbonyl (C=O) groups is 1. The molecule has 0 aliphatic rings. The van der Waals surface area contributed by atoms with E-state index >= 15 is 0 Å². The number of furan rings is 1. The zero-order chi connectivity index (χ0) is 14.0. The molecule has 0 saturated heterocycles. The highest BCUT2D eigenvalue weighted by Crippen LogP contribution is 2.18. The minimum absolute atomic E-state index is 0.00954. The number of amides is 1. The summed E-state index contributed by atoms with van der Waals surface area (Å²) in [5.41, 5.74) is 1.47. The second kappa shape index (κ2) is 5.57. The SMILES string of the molecule is Cc1ccc(CN(C(=O)c2csnc2C)C(C)C)o1. The summed E-state index contributed by atoms with van der Waals surface area (Å²) >= 11 is 1.31. The van der Waals surface area contributed by atoms with Gasteiger partial charge in [-0.25, -0.2) is 0 Å². The summed E-state index contributed by atoms with van der Waals surface area (Å²) in [4.78, 5) is 14.3. The van der Waals surface area contributed by atoms with Gasteiger partial charge in [0.15, 0.2) is 0 Å². The predicted molar refractivity (Wildman–Crippen MR) is 75.3 cm³/mol. The van der Waals surface area contributed by atoms with E-state index in [1.807, 2.05) is 39.8 Å². The number of nitrogens with zero attached hydrogens (tertiary/aromatic N) is 2. The lowest BCUT2D eigenvalue weighted by Crippen LogP contribution is -2.36. The van der Waals surface area contributed by atoms with Gasteiger partial charge in [0.2, 0.25) is 0 Å². The maximum absolute atomic E-state index is 12.5. The summed E-state index contributed by atoms with van der Waals surface area (Å²) < 4.78 is 9.72. The van der Waals surface area contributed by atoms with Crippen LogP contribution in [-0.4, -0.2) is 21.2 Å². The molecule has 0 radical (unpaired) electrons. The molecule has 0 aliphatic heterocycles. The van der Waals surface area contributed by atoms with Crippen LogP contribution in [0.5, 0.6) is 0 Å². The summed E-state index contributed by atoms with van der Waals surface area (Å²) in [6.45, 7) is 8.25. The Morgan fingerprint density at radius 1 is 1.42 bits per heavy atom. The summed E-state index contributed by atoms with van der Waals surface area (Å²) in [6.07, 6.45) is 0. The summed E-state index contributed by atoms with van der Waals surface area (Å²) in [6, 6.07) is 3.93. The molecule has 0 fully saturated rings. The van der Waals surface area contributed by atoms with Gasteiger partial charge >= 0.3 is 0 Å². The van der Waals surface area contributed by atoms with Crippen LogP contribution in [0.4, 0.5) is 0 Å². The van der Waals surface area contributed by atoms with Gasteiger partial charge in [0.05, 0.1) is 17.8 Å². The van der Waals surface area contributed by atoms with E-state index in [2.05, 4.69) is 4.37 Å². The molecule has 19 heavy (non-hydrogen) atoms. The Bertz CT molecular complexity index is 572. The molecule has 5 heteroatoms. The van der Waals surface area contributed by atoms with Gasteiger partial charge in [-0.3, -0.25) is 4.79 Å². The van der Waals surface area contributed by atoms with Gasteiger partial charge in [-0.15, -0.1) is 0 Å². The van der Waals surface area contributed by atoms with E-state index < -0.39 is 0 Å². The van der Waals surface area contributed by atoms with Gasteiger partial charge in [-0.05, 0) is 51.4 Å². The molecule has 0 spiro atoms. The van der Waals surface area contributed by atoms with Crippen LogP contribution in [0.3, 0.4) is 0 Å². The van der Waals surface area contributed by atoms with Crippen molar-refractivity contribution in [2.24, 2.45) is 0 Å². The van der Waals surface area contributed by atoms with Crippen LogP contribution in [-0.2, 0) is 6.54 Å². The molecule has 0 N–H and O–H groups in total. The van der Waals surface area contributed by atoms with Gasteiger partial charge in [0.1, 0.15) is 11.5 Å². The molecule has 4 nitrogen and oxygen atoms in total. The maximum atomic E-state index is 12.5. The largest absolute Gasteiger partial charge is 0.464 e. The zero-order valence-corrected chi connectivity index (χ0v) is 12.5. The van der Waals surface area contributed by atoms with E-state index in [1.165, 1.54) is 11.5 Å². The van der Waals surface area contributed by atoms with Crippen molar-refractivity contribution in [2.45, 2.75) is 40.3 Å². The standard InChI is InChI=1S/C14H18N2O2S/c1-9(2)16(7-12-6-5-10(3)18-12)14(17)13-8-19-15-11(13)4/h5-6,8-9H,7H2,1-4H3. The predicted octanol–water partition coefficient (Wildman–Crippen LogP) is 3.40. The van der Waals surface area contributed by atoms with Crippen LogP contribution in [0.1, 0.15) is 41.4 Å². The van der Waals surface area contributed by atoms with Gasteiger partial charge in [-0.1, -0.05) is 0 Å². The Labute approximate surface area is 117 Å². The fraction of sp³-hybridized carbons (Fsp3) is 0.429. The number of aryl methyl sites for hydroxylation is 2. The molecule has 0 atom stereocenters. The summed E-state index contributed by atoms with van der Waals surface area (Å²) in [5.74, 6) is 1.68. The summed E-state index contributed by atoms with van der Waals surface area (Å²) in [7, 11) is 0. The Morgan fingerprint density at radius 3 is 2.63 bits per heavy atom. The third-order valence-corrected chi connectivity index (χ3v) is 3.71. The molecule has 0 bridgehead atoms. The van der Waals surface area contributed by atoms with Crippen molar-refractivity contribution in [3.63, 3.8) is 0 Å². The highest BCUT2D eigenvalue weighted by molar-refractivity contribution is 7.03. The fourth-order valence-corrected chi connectivity index (χ4v) is 2.57. The first-order valence-electron chi connectivity index (χ1n) is 6.26. The molecule has 0 unspecified atom stereocenters. The number of carbonyl (C=O) groups excluding carboxylic acids is 1. The highest BCUT2D eigenvalue weighted by Gasteiger charge is 2.22. The van der Waals surface area contributed by atoms with E-state index in [0.717, 1.165) is 17.2 Å². The lowest BCUT2D eigenvalue weighted by molar-refractivity contribution is 0.0675. The van der Waals surface area contributed by atoms with Crippen molar-refractivity contribution in [2.75, 3.05) is 0 Å². The van der Waals surface area contributed by atoms with Crippen LogP contribution >= 0.6 is 11.5 Å². The van der Waals surface area contributed by atoms with Crippen LogP contribution < -0.4 is 0 Å². The van der Waals surface area contributed by atoms with Crippen molar-refractivity contribution in [3.8, 4) is 0 Å². The third kappa shape index (κ3) is 3.04. The van der Waals surface area contributed by atoms with E-state index in [-0.39, 0.29) is 11.9 Å². The first kappa shape index (κ1) is 13.8. The molecule has 2 heterocycles. The average molecular weight is 278 g/mol. The molecule has 0 aromatic carbocycles. The fourth-order valence-electron chi connectivity index (χ4n) is 1.88. The zero-order valence-electron chi connectivity index (χ0n) is 11.6. The minimum Gasteiger partial charge on any atom is -0.464 e. The number of aromatic nitrogens is 1. The molecule has 0 saturated carbocycles. The monoisotopic (exact) mass is 278 g/mol. The second-order valence-electron chi connectivity index (χ2n) is 4.85. The van der Waals surface area contributed by atoms with Crippen LogP contribution in [0.25, 0.3) is 0 Å². The van der Waals surface area contributed by atoms with Crippen LogP contribution in [0.2, 0.25) is 0 Å². The molecule has 0 aliphatic carbocycles. The average Bonchev–Trinajstić information content (AvgIpc) is 2.94. The van der Waals surface area contributed by atoms with Crippen molar-refractivity contribution >= 4 is 17.4 Å². The van der Waals surface area contributed by atoms with E-state index in [0.29, 0.717) is 12.1 Å². The molecule has 2 rings (SSSR count). The van der Waals surface area contributed by atoms with Gasteiger partial charge in [0, 0.05) is 11.4 Å². The van der Waals surface area contributed by atoms with Crippen LogP contribution in [0, 0.1) is 13.8 Å². The number of rotatable bonds is 4. The Hall–Kier alpha value is -1.62. The molecule has 2 aromatic rings. The lowest BCUT2D eigenvalue weighted by atomic mass is 10.2. The van der Waals surface area contributed by atoms with Crippen molar-refractivity contribution in [1.82, 2.24) is 9.27 Å². The molecule has 102 valence electrons. The first-order chi connectivity index (χ1) is 8.99. The topological polar surface area (TPSA) is 46.3 Å². The summed E-state index contributed by atoms with van der Waals surface area (Å²) in [5, 5.41) is 1.81. The molecular formula is C14H18N2O2S. The molecular weight excluding hydrogens is 260 g/mol. The van der Waals surface area contributed by atoms with Gasteiger partial charge in [0.25, 0.3) is 5.91 Å². The first-order valence-corrected chi connectivity index (χ1v) is 7.10. The van der Waals surface area contributed by atoms with Crippen molar-refractivity contribution < 1.29 is 9.21 Å². The molecule has 1 amide bonds. The lowest BCUT2D eigenvalue weighted by Gasteiger charge is -2.25. The maximum Gasteiger partial charge on any atom is 0.257 e. The van der Waals surface area contributed by atoms with E-state index in [1.54, 1.807) is 10.3 Å². The Kier molecular flexibility index (Phi) is 4.04. The van der Waals surface area contributed by atoms with Crippen molar-refractivity contribution in [1.29, 1.82) is 0 Å². The van der Waals surface area contributed by atoms with Gasteiger partial charge in [-0.2, -0.15) is 4.37 Å². The number of hydrogen-bond donors (Lipinski definition) is 0. The minimum atomic E-state index is 0.00954. The van der Waals surface area contributed by atoms with E-state index in [4.69, 9.17) is 4.42 Å². The second-order valence-corrected chi connectivity index (χ2v) is 5.48. The Balaban J connectivity index is 2.21. The number of hydrogen-bond acceptors (Lipinski definition) is 4. The quantitative estimate of drug-likeness (QED) is 0.861. The third-order valence-electron chi connectivity index (χ3n) is 2.99. The molecule has 2 aromatic heterocycles. The smallest absolute Gasteiger partial charge is 0.257 e.